The van der Waals surface area contributed by atoms with Crippen LogP contribution in [-0.2, 0) is 0 Å². The van der Waals surface area contributed by atoms with Crippen molar-refractivity contribution >= 4 is 11.0 Å². The van der Waals surface area contributed by atoms with Crippen molar-refractivity contribution in [2.24, 2.45) is 0 Å². The highest BCUT2D eigenvalue weighted by Gasteiger charge is 2.14. The zero-order chi connectivity index (χ0) is 11.5. The summed E-state index contributed by atoms with van der Waals surface area (Å²) in [7, 11) is 0. The quantitative estimate of drug-likeness (QED) is 0.882. The Balaban J connectivity index is 1.69. The molecule has 0 radical (unpaired) electrons. The second-order valence-corrected chi connectivity index (χ2v) is 4.45. The van der Waals surface area contributed by atoms with Crippen LogP contribution in [0, 0.1) is 0 Å². The molecule has 1 saturated heterocycles. The summed E-state index contributed by atoms with van der Waals surface area (Å²) in [6.07, 6.45) is 5.47. The molecule has 1 aliphatic rings. The van der Waals surface area contributed by atoms with Gasteiger partial charge < -0.3 is 14.6 Å². The summed E-state index contributed by atoms with van der Waals surface area (Å²) in [5.74, 6) is 0.858. The van der Waals surface area contributed by atoms with E-state index in [0.29, 0.717) is 12.6 Å². The molecule has 0 amide bonds. The smallest absolute Gasteiger partial charge is 0.170 e. The number of aromatic nitrogens is 1. The third kappa shape index (κ3) is 2.26. The normalized spacial score (nSPS) is 20.6. The lowest BCUT2D eigenvalue weighted by molar-refractivity contribution is 0.241. The summed E-state index contributed by atoms with van der Waals surface area (Å²) in [5.41, 5.74) is 0.777. The van der Waals surface area contributed by atoms with E-state index in [1.165, 1.54) is 19.3 Å². The third-order valence-corrected chi connectivity index (χ3v) is 3.21. The first-order chi connectivity index (χ1) is 8.43. The van der Waals surface area contributed by atoms with E-state index in [4.69, 9.17) is 9.26 Å². The Hall–Kier alpha value is -1.55. The Morgan fingerprint density at radius 1 is 1.41 bits per heavy atom. The van der Waals surface area contributed by atoms with Gasteiger partial charge in [-0.15, -0.1) is 0 Å². The molecule has 0 saturated carbocycles. The molecular formula is C13H16N2O2. The van der Waals surface area contributed by atoms with E-state index in [9.17, 15) is 0 Å². The number of rotatable bonds is 3. The molecule has 17 heavy (non-hydrogen) atoms. The van der Waals surface area contributed by atoms with Crippen molar-refractivity contribution in [2.75, 3.05) is 13.2 Å². The first-order valence-corrected chi connectivity index (χ1v) is 6.13. The number of hydrogen-bond donors (Lipinski definition) is 1. The number of hydrogen-bond acceptors (Lipinski definition) is 4. The van der Waals surface area contributed by atoms with Gasteiger partial charge in [0.25, 0.3) is 0 Å². The lowest BCUT2D eigenvalue weighted by Gasteiger charge is -2.23. The minimum atomic E-state index is 0.471. The van der Waals surface area contributed by atoms with E-state index >= 15 is 0 Å². The molecule has 1 aliphatic heterocycles. The van der Waals surface area contributed by atoms with Crippen LogP contribution in [0.15, 0.2) is 28.9 Å². The van der Waals surface area contributed by atoms with E-state index in [1.54, 1.807) is 6.20 Å². The van der Waals surface area contributed by atoms with Crippen LogP contribution in [0.1, 0.15) is 19.3 Å². The van der Waals surface area contributed by atoms with Gasteiger partial charge in [-0.05, 0) is 31.5 Å². The maximum Gasteiger partial charge on any atom is 0.170 e. The predicted molar refractivity (Wildman–Crippen MR) is 65.1 cm³/mol. The monoisotopic (exact) mass is 232 g/mol. The van der Waals surface area contributed by atoms with Crippen molar-refractivity contribution in [3.8, 4) is 5.75 Å². The van der Waals surface area contributed by atoms with Crippen molar-refractivity contribution in [3.63, 3.8) is 0 Å². The van der Waals surface area contributed by atoms with Crippen molar-refractivity contribution < 1.29 is 9.26 Å². The molecule has 0 aliphatic carbocycles. The molecule has 1 fully saturated rings. The highest BCUT2D eigenvalue weighted by molar-refractivity contribution is 5.82. The molecule has 1 N–H and O–H groups in total. The molecule has 4 nitrogen and oxygen atoms in total. The summed E-state index contributed by atoms with van der Waals surface area (Å²) in [5, 5.41) is 8.20. The van der Waals surface area contributed by atoms with Crippen LogP contribution in [0.5, 0.6) is 5.75 Å². The molecule has 2 aromatic rings. The molecule has 1 aromatic carbocycles. The molecule has 1 atom stereocenters. The summed E-state index contributed by atoms with van der Waals surface area (Å²) in [6.45, 7) is 1.82. The largest absolute Gasteiger partial charge is 0.491 e. The number of nitrogens with zero attached hydrogens (tertiary/aromatic N) is 1. The average Bonchev–Trinajstić information content (AvgIpc) is 2.86. The number of piperidine rings is 1. The topological polar surface area (TPSA) is 47.3 Å². The van der Waals surface area contributed by atoms with Gasteiger partial charge in [0, 0.05) is 6.04 Å². The van der Waals surface area contributed by atoms with Gasteiger partial charge in [0.1, 0.15) is 12.4 Å². The molecule has 0 spiro atoms. The molecule has 1 unspecified atom stereocenters. The van der Waals surface area contributed by atoms with Crippen LogP contribution in [0.25, 0.3) is 11.0 Å². The molecule has 3 rings (SSSR count). The number of ether oxygens (including phenoxy) is 1. The van der Waals surface area contributed by atoms with Gasteiger partial charge >= 0.3 is 0 Å². The Morgan fingerprint density at radius 3 is 3.29 bits per heavy atom. The minimum Gasteiger partial charge on any atom is -0.491 e. The van der Waals surface area contributed by atoms with Crippen molar-refractivity contribution in [2.45, 2.75) is 25.3 Å². The Bertz CT molecular complexity index is 489. The lowest BCUT2D eigenvalue weighted by Crippen LogP contribution is -2.38. The van der Waals surface area contributed by atoms with Crippen LogP contribution in [0.4, 0.5) is 0 Å². The lowest BCUT2D eigenvalue weighted by atomic mass is 10.1. The molecule has 0 bridgehead atoms. The second-order valence-electron chi connectivity index (χ2n) is 4.45. The number of fused-ring (bicyclic) bond motifs is 1. The molecule has 1 aromatic heterocycles. The number of nitrogens with one attached hydrogen (secondary N) is 1. The van der Waals surface area contributed by atoms with Crippen LogP contribution < -0.4 is 10.1 Å². The molecular weight excluding hydrogens is 216 g/mol. The summed E-state index contributed by atoms with van der Waals surface area (Å²) >= 11 is 0. The van der Waals surface area contributed by atoms with Gasteiger partial charge in [0.15, 0.2) is 5.58 Å². The third-order valence-electron chi connectivity index (χ3n) is 3.21. The molecule has 2 heterocycles. The Morgan fingerprint density at radius 2 is 2.41 bits per heavy atom. The fourth-order valence-electron chi connectivity index (χ4n) is 2.25. The van der Waals surface area contributed by atoms with Gasteiger partial charge in [-0.25, -0.2) is 0 Å². The zero-order valence-electron chi connectivity index (χ0n) is 9.69. The fraction of sp³-hybridized carbons (Fsp3) is 0.462. The van der Waals surface area contributed by atoms with E-state index in [2.05, 4.69) is 10.5 Å². The van der Waals surface area contributed by atoms with Gasteiger partial charge in [-0.3, -0.25) is 0 Å². The maximum atomic E-state index is 5.85. The van der Waals surface area contributed by atoms with E-state index in [-0.39, 0.29) is 0 Å². The van der Waals surface area contributed by atoms with E-state index in [1.807, 2.05) is 18.2 Å². The Kier molecular flexibility index (Phi) is 2.96. The second kappa shape index (κ2) is 4.75. The van der Waals surface area contributed by atoms with Crippen molar-refractivity contribution in [1.29, 1.82) is 0 Å². The highest BCUT2D eigenvalue weighted by Crippen LogP contribution is 2.25. The molecule has 4 heteroatoms. The zero-order valence-corrected chi connectivity index (χ0v) is 9.69. The standard InChI is InChI=1S/C13H16N2O2/c1-2-7-14-10(4-1)9-16-12-5-3-6-13-11(12)8-15-17-13/h3,5-6,8,10,14H,1-2,4,7,9H2. The summed E-state index contributed by atoms with van der Waals surface area (Å²) < 4.78 is 11.0. The van der Waals surface area contributed by atoms with E-state index in [0.717, 1.165) is 23.3 Å². The van der Waals surface area contributed by atoms with Crippen LogP contribution in [0.3, 0.4) is 0 Å². The van der Waals surface area contributed by atoms with Gasteiger partial charge in [-0.1, -0.05) is 17.6 Å². The van der Waals surface area contributed by atoms with Gasteiger partial charge in [0.2, 0.25) is 0 Å². The van der Waals surface area contributed by atoms with Crippen molar-refractivity contribution in [1.82, 2.24) is 10.5 Å². The maximum absolute atomic E-state index is 5.85. The fourth-order valence-corrected chi connectivity index (χ4v) is 2.25. The predicted octanol–water partition coefficient (Wildman–Crippen LogP) is 2.35. The highest BCUT2D eigenvalue weighted by atomic mass is 16.5. The van der Waals surface area contributed by atoms with Gasteiger partial charge in [0.05, 0.1) is 11.6 Å². The van der Waals surface area contributed by atoms with Crippen LogP contribution >= 0.6 is 0 Å². The summed E-state index contributed by atoms with van der Waals surface area (Å²) in [4.78, 5) is 0. The average molecular weight is 232 g/mol. The molecule has 90 valence electrons. The first-order valence-electron chi connectivity index (χ1n) is 6.13. The van der Waals surface area contributed by atoms with Gasteiger partial charge in [-0.2, -0.15) is 0 Å². The van der Waals surface area contributed by atoms with Crippen LogP contribution in [0.2, 0.25) is 0 Å². The minimum absolute atomic E-state index is 0.471. The van der Waals surface area contributed by atoms with Crippen LogP contribution in [-0.4, -0.2) is 24.4 Å². The first kappa shape index (κ1) is 10.6. The van der Waals surface area contributed by atoms with E-state index < -0.39 is 0 Å². The number of benzene rings is 1. The summed E-state index contributed by atoms with van der Waals surface area (Å²) in [6, 6.07) is 6.26. The van der Waals surface area contributed by atoms with Crippen molar-refractivity contribution in [3.05, 3.63) is 24.4 Å². The Labute approximate surface area is 99.9 Å². The SMILES string of the molecule is c1cc(OCC2CCCCN2)c2cnoc2c1.